The van der Waals surface area contributed by atoms with Crippen molar-refractivity contribution in [1.29, 1.82) is 0 Å². The summed E-state index contributed by atoms with van der Waals surface area (Å²) in [6.45, 7) is 4.33. The van der Waals surface area contributed by atoms with Gasteiger partial charge in [-0.25, -0.2) is 5.43 Å². The number of nitrogens with zero attached hydrogens (tertiary/aromatic N) is 2. The Labute approximate surface area is 192 Å². The van der Waals surface area contributed by atoms with E-state index in [4.69, 9.17) is 0 Å². The first-order chi connectivity index (χ1) is 16.0. The summed E-state index contributed by atoms with van der Waals surface area (Å²) in [5.41, 5.74) is 8.62. The average molecular weight is 434 g/mol. The summed E-state index contributed by atoms with van der Waals surface area (Å²) in [6.07, 6.45) is 0. The number of nitrogens with one attached hydrogen (secondary N) is 1. The third kappa shape index (κ3) is 3.89. The van der Waals surface area contributed by atoms with Crippen LogP contribution in [0.5, 0.6) is 0 Å². The van der Waals surface area contributed by atoms with Crippen LogP contribution in [0.4, 0.5) is 5.69 Å². The van der Waals surface area contributed by atoms with E-state index >= 15 is 0 Å². The zero-order chi connectivity index (χ0) is 22.9. The van der Waals surface area contributed by atoms with E-state index in [0.717, 1.165) is 38.9 Å². The van der Waals surface area contributed by atoms with Crippen molar-refractivity contribution >= 4 is 34.0 Å². The summed E-state index contributed by atoms with van der Waals surface area (Å²) >= 11 is 0. The summed E-state index contributed by atoms with van der Waals surface area (Å²) in [5.74, 6) is -0.271. The summed E-state index contributed by atoms with van der Waals surface area (Å²) in [7, 11) is 0. The number of aryl methyl sites for hydroxylation is 1. The molecule has 0 aliphatic carbocycles. The predicted octanol–water partition coefficient (Wildman–Crippen LogP) is 5.46. The molecule has 0 spiro atoms. The van der Waals surface area contributed by atoms with Gasteiger partial charge in [0, 0.05) is 16.5 Å². The maximum atomic E-state index is 13.0. The van der Waals surface area contributed by atoms with E-state index in [2.05, 4.69) is 10.5 Å². The second kappa shape index (κ2) is 8.36. The molecule has 2 amide bonds. The number of hydrogen-bond acceptors (Lipinski definition) is 3. The monoisotopic (exact) mass is 433 g/mol. The summed E-state index contributed by atoms with van der Waals surface area (Å²) in [6, 6.07) is 27.0. The zero-order valence-electron chi connectivity index (χ0n) is 18.5. The van der Waals surface area contributed by atoms with Gasteiger partial charge in [-0.05, 0) is 54.6 Å². The first-order valence-corrected chi connectivity index (χ1v) is 10.9. The molecule has 5 nitrogen and oxygen atoms in total. The quantitative estimate of drug-likeness (QED) is 0.335. The summed E-state index contributed by atoms with van der Waals surface area (Å²) in [4.78, 5) is 27.3. The third-order valence-corrected chi connectivity index (χ3v) is 6.00. The normalized spacial score (nSPS) is 13.0. The van der Waals surface area contributed by atoms with Gasteiger partial charge in [-0.2, -0.15) is 5.10 Å². The highest BCUT2D eigenvalue weighted by Gasteiger charge is 2.29. The first kappa shape index (κ1) is 20.6. The Morgan fingerprint density at radius 2 is 1.55 bits per heavy atom. The van der Waals surface area contributed by atoms with Crippen molar-refractivity contribution in [2.75, 3.05) is 4.90 Å². The van der Waals surface area contributed by atoms with E-state index in [0.29, 0.717) is 12.1 Å². The molecule has 1 N–H and O–H groups in total. The largest absolute Gasteiger partial charge is 0.303 e. The average Bonchev–Trinajstić information content (AvgIpc) is 3.11. The fourth-order valence-electron chi connectivity index (χ4n) is 4.14. The second-order valence-electron chi connectivity index (χ2n) is 8.27. The Kier molecular flexibility index (Phi) is 5.23. The van der Waals surface area contributed by atoms with Crippen LogP contribution in [0.2, 0.25) is 0 Å². The van der Waals surface area contributed by atoms with Crippen LogP contribution >= 0.6 is 0 Å². The lowest BCUT2D eigenvalue weighted by atomic mass is 10.1. The predicted molar refractivity (Wildman–Crippen MR) is 132 cm³/mol. The molecule has 1 heterocycles. The number of benzene rings is 4. The fraction of sp³-hybridized carbons (Fsp3) is 0.107. The molecule has 33 heavy (non-hydrogen) atoms. The molecule has 0 radical (unpaired) electrons. The Balaban J connectivity index is 1.29. The molecule has 4 aromatic carbocycles. The Hall–Kier alpha value is -4.25. The Morgan fingerprint density at radius 1 is 0.879 bits per heavy atom. The van der Waals surface area contributed by atoms with Crippen molar-refractivity contribution in [3.05, 3.63) is 113 Å². The summed E-state index contributed by atoms with van der Waals surface area (Å²) < 4.78 is 0. The number of amides is 2. The molecule has 0 bridgehead atoms. The van der Waals surface area contributed by atoms with Gasteiger partial charge in [0.25, 0.3) is 11.8 Å². The minimum absolute atomic E-state index is 0.00420. The van der Waals surface area contributed by atoms with Crippen LogP contribution in [0, 0.1) is 6.92 Å². The van der Waals surface area contributed by atoms with Gasteiger partial charge in [0.05, 0.1) is 17.9 Å². The minimum Gasteiger partial charge on any atom is -0.303 e. The molecule has 5 heteroatoms. The standard InChI is InChI=1S/C28H23N3O2/c1-18-9-13-21(14-10-18)19(2)29-30-27(32)23-15-11-20(12-16-23)17-31-25-8-4-6-22-5-3-7-24(26(22)25)28(31)33/h3-16H,17H2,1-2H3,(H,30,32). The van der Waals surface area contributed by atoms with Crippen LogP contribution in [-0.2, 0) is 6.54 Å². The van der Waals surface area contributed by atoms with Gasteiger partial charge in [-0.3, -0.25) is 9.59 Å². The van der Waals surface area contributed by atoms with Gasteiger partial charge >= 0.3 is 0 Å². The topological polar surface area (TPSA) is 61.8 Å². The highest BCUT2D eigenvalue weighted by molar-refractivity contribution is 6.24. The molecular formula is C28H23N3O2. The Morgan fingerprint density at radius 3 is 2.27 bits per heavy atom. The number of hydrogen-bond donors (Lipinski definition) is 1. The van der Waals surface area contributed by atoms with Crippen LogP contribution in [0.1, 0.15) is 44.3 Å². The van der Waals surface area contributed by atoms with Crippen LogP contribution < -0.4 is 10.3 Å². The van der Waals surface area contributed by atoms with Crippen molar-refractivity contribution in [2.24, 2.45) is 5.10 Å². The lowest BCUT2D eigenvalue weighted by Crippen LogP contribution is -2.26. The van der Waals surface area contributed by atoms with Gasteiger partial charge in [-0.15, -0.1) is 0 Å². The van der Waals surface area contributed by atoms with E-state index in [-0.39, 0.29) is 11.8 Å². The lowest BCUT2D eigenvalue weighted by Gasteiger charge is -2.18. The van der Waals surface area contributed by atoms with Gasteiger partial charge in [0.2, 0.25) is 0 Å². The van der Waals surface area contributed by atoms with Gasteiger partial charge in [0.15, 0.2) is 0 Å². The molecule has 1 aliphatic rings. The van der Waals surface area contributed by atoms with Crippen molar-refractivity contribution in [3.63, 3.8) is 0 Å². The van der Waals surface area contributed by atoms with Crippen molar-refractivity contribution in [2.45, 2.75) is 20.4 Å². The lowest BCUT2D eigenvalue weighted by molar-refractivity contribution is 0.0953. The van der Waals surface area contributed by atoms with Crippen LogP contribution in [-0.4, -0.2) is 17.5 Å². The number of rotatable bonds is 5. The first-order valence-electron chi connectivity index (χ1n) is 10.9. The maximum absolute atomic E-state index is 13.0. The van der Waals surface area contributed by atoms with Crippen molar-refractivity contribution in [3.8, 4) is 0 Å². The number of hydrazone groups is 1. The van der Waals surface area contributed by atoms with E-state index in [1.807, 2.05) is 86.6 Å². The van der Waals surface area contributed by atoms with E-state index in [9.17, 15) is 9.59 Å². The molecule has 0 aromatic heterocycles. The summed E-state index contributed by atoms with van der Waals surface area (Å²) in [5, 5.41) is 6.29. The molecule has 0 unspecified atom stereocenters. The SMILES string of the molecule is CC(=NNC(=O)c1ccc(CN2C(=O)c3cccc4cccc2c34)cc1)c1ccc(C)cc1. The minimum atomic E-state index is -0.276. The Bertz CT molecular complexity index is 1400. The maximum Gasteiger partial charge on any atom is 0.271 e. The molecule has 0 saturated heterocycles. The number of carbonyl (C=O) groups excluding carboxylic acids is 2. The number of carbonyl (C=O) groups is 2. The molecule has 1 aliphatic heterocycles. The van der Waals surface area contributed by atoms with Gasteiger partial charge in [0.1, 0.15) is 0 Å². The molecule has 162 valence electrons. The van der Waals surface area contributed by atoms with Crippen LogP contribution in [0.25, 0.3) is 10.8 Å². The molecule has 5 rings (SSSR count). The zero-order valence-corrected chi connectivity index (χ0v) is 18.5. The molecule has 4 aromatic rings. The van der Waals surface area contributed by atoms with Crippen LogP contribution in [0.3, 0.4) is 0 Å². The fourth-order valence-corrected chi connectivity index (χ4v) is 4.14. The molecule has 0 saturated carbocycles. The van der Waals surface area contributed by atoms with E-state index in [1.54, 1.807) is 17.0 Å². The van der Waals surface area contributed by atoms with Crippen LogP contribution in [0.15, 0.2) is 90.0 Å². The van der Waals surface area contributed by atoms with E-state index in [1.165, 1.54) is 5.56 Å². The molecule has 0 fully saturated rings. The number of anilines is 1. The third-order valence-electron chi connectivity index (χ3n) is 6.00. The molecular weight excluding hydrogens is 410 g/mol. The molecule has 0 atom stereocenters. The smallest absolute Gasteiger partial charge is 0.271 e. The second-order valence-corrected chi connectivity index (χ2v) is 8.27. The van der Waals surface area contributed by atoms with E-state index < -0.39 is 0 Å². The highest BCUT2D eigenvalue weighted by Crippen LogP contribution is 2.37. The van der Waals surface area contributed by atoms with Gasteiger partial charge in [-0.1, -0.05) is 66.2 Å². The highest BCUT2D eigenvalue weighted by atomic mass is 16.2. The van der Waals surface area contributed by atoms with Gasteiger partial charge < -0.3 is 4.90 Å². The van der Waals surface area contributed by atoms with Crippen molar-refractivity contribution in [1.82, 2.24) is 5.43 Å². The van der Waals surface area contributed by atoms with Crippen molar-refractivity contribution < 1.29 is 9.59 Å².